The van der Waals surface area contributed by atoms with E-state index in [-0.39, 0.29) is 11.8 Å². The predicted octanol–water partition coefficient (Wildman–Crippen LogP) is 2.63. The molecular weight excluding hydrogens is 162 g/mol. The van der Waals surface area contributed by atoms with Gasteiger partial charge in [0.05, 0.1) is 0 Å². The zero-order valence-electron chi connectivity index (χ0n) is 8.75. The van der Waals surface area contributed by atoms with Gasteiger partial charge in [-0.25, -0.2) is 0 Å². The largest absolute Gasteiger partial charge is 0.369 e. The first-order valence-electron chi connectivity index (χ1n) is 5.16. The molecule has 1 unspecified atom stereocenters. The molecule has 0 aliphatic rings. The van der Waals surface area contributed by atoms with Crippen LogP contribution in [0.2, 0.25) is 0 Å². The van der Waals surface area contributed by atoms with Crippen molar-refractivity contribution in [2.24, 2.45) is 11.7 Å². The van der Waals surface area contributed by atoms with Crippen LogP contribution in [-0.2, 0) is 4.79 Å². The van der Waals surface area contributed by atoms with E-state index >= 15 is 0 Å². The average molecular weight is 183 g/mol. The van der Waals surface area contributed by atoms with Gasteiger partial charge in [0.1, 0.15) is 0 Å². The number of hydrogen-bond donors (Lipinski definition) is 1. The Bertz CT molecular complexity index is 163. The number of amides is 1. The normalized spacial score (nSPS) is 13.4. The van der Waals surface area contributed by atoms with Gasteiger partial charge in [0, 0.05) is 5.92 Å². The summed E-state index contributed by atoms with van der Waals surface area (Å²) in [5.74, 6) is -0.114. The Labute approximate surface area is 81.2 Å². The Balaban J connectivity index is 3.80. The highest BCUT2D eigenvalue weighted by atomic mass is 16.1. The Morgan fingerprint density at radius 2 is 2.08 bits per heavy atom. The van der Waals surface area contributed by atoms with Crippen molar-refractivity contribution in [3.63, 3.8) is 0 Å². The number of nitrogens with two attached hydrogens (primary N) is 1. The third-order valence-corrected chi connectivity index (χ3v) is 2.13. The second-order valence-electron chi connectivity index (χ2n) is 3.36. The van der Waals surface area contributed by atoms with E-state index in [4.69, 9.17) is 5.73 Å². The fraction of sp³-hybridized carbons (Fsp3) is 0.727. The molecule has 76 valence electrons. The first-order valence-corrected chi connectivity index (χ1v) is 5.16. The quantitative estimate of drug-likeness (QED) is 0.606. The highest BCUT2D eigenvalue weighted by Gasteiger charge is 2.11. The summed E-state index contributed by atoms with van der Waals surface area (Å²) in [5.41, 5.74) is 5.29. The Morgan fingerprint density at radius 3 is 2.54 bits per heavy atom. The van der Waals surface area contributed by atoms with E-state index in [2.05, 4.69) is 26.0 Å². The zero-order valence-corrected chi connectivity index (χ0v) is 8.75. The van der Waals surface area contributed by atoms with Crippen LogP contribution in [0.25, 0.3) is 0 Å². The van der Waals surface area contributed by atoms with Crippen LogP contribution in [0, 0.1) is 5.92 Å². The smallest absolute Gasteiger partial charge is 0.220 e. The summed E-state index contributed by atoms with van der Waals surface area (Å²) in [6.07, 6.45) is 9.13. The molecule has 0 heterocycles. The van der Waals surface area contributed by atoms with Crippen molar-refractivity contribution in [2.75, 3.05) is 0 Å². The van der Waals surface area contributed by atoms with Gasteiger partial charge in [-0.2, -0.15) is 0 Å². The maximum Gasteiger partial charge on any atom is 0.220 e. The van der Waals surface area contributed by atoms with Crippen molar-refractivity contribution in [3.8, 4) is 0 Å². The van der Waals surface area contributed by atoms with Crippen LogP contribution in [0.1, 0.15) is 46.0 Å². The van der Waals surface area contributed by atoms with Gasteiger partial charge >= 0.3 is 0 Å². The van der Waals surface area contributed by atoms with Crippen LogP contribution in [0.3, 0.4) is 0 Å². The van der Waals surface area contributed by atoms with E-state index in [1.807, 2.05) is 0 Å². The van der Waals surface area contributed by atoms with Gasteiger partial charge in [-0.3, -0.25) is 4.79 Å². The van der Waals surface area contributed by atoms with E-state index in [0.29, 0.717) is 0 Å². The lowest BCUT2D eigenvalue weighted by Crippen LogP contribution is -2.22. The maximum atomic E-state index is 11.0. The minimum Gasteiger partial charge on any atom is -0.369 e. The fourth-order valence-corrected chi connectivity index (χ4v) is 1.25. The van der Waals surface area contributed by atoms with Gasteiger partial charge in [-0.15, -0.1) is 0 Å². The molecule has 0 saturated carbocycles. The van der Waals surface area contributed by atoms with Crippen molar-refractivity contribution >= 4 is 5.91 Å². The Kier molecular flexibility index (Phi) is 7.36. The molecule has 1 atom stereocenters. The van der Waals surface area contributed by atoms with E-state index in [9.17, 15) is 4.79 Å². The van der Waals surface area contributed by atoms with Crippen LogP contribution in [0.4, 0.5) is 0 Å². The van der Waals surface area contributed by atoms with Crippen molar-refractivity contribution in [1.29, 1.82) is 0 Å². The van der Waals surface area contributed by atoms with Crippen LogP contribution in [-0.4, -0.2) is 5.91 Å². The molecule has 13 heavy (non-hydrogen) atoms. The third-order valence-electron chi connectivity index (χ3n) is 2.13. The third kappa shape index (κ3) is 6.38. The lowest BCUT2D eigenvalue weighted by atomic mass is 9.97. The molecule has 2 heteroatoms. The van der Waals surface area contributed by atoms with Gasteiger partial charge in [0.15, 0.2) is 0 Å². The summed E-state index contributed by atoms with van der Waals surface area (Å²) in [6, 6.07) is 0. The number of allylic oxidation sites excluding steroid dienone is 2. The minimum atomic E-state index is -0.158. The zero-order chi connectivity index (χ0) is 10.1. The number of unbranched alkanes of at least 4 members (excludes halogenated alkanes) is 1. The lowest BCUT2D eigenvalue weighted by Gasteiger charge is -2.09. The molecule has 0 fully saturated rings. The van der Waals surface area contributed by atoms with Crippen LogP contribution >= 0.6 is 0 Å². The van der Waals surface area contributed by atoms with E-state index in [1.54, 1.807) is 0 Å². The van der Waals surface area contributed by atoms with Gasteiger partial charge in [-0.05, 0) is 19.3 Å². The summed E-state index contributed by atoms with van der Waals surface area (Å²) in [4.78, 5) is 11.0. The minimum absolute atomic E-state index is 0.0442. The van der Waals surface area contributed by atoms with Gasteiger partial charge in [0.2, 0.25) is 5.91 Å². The summed E-state index contributed by atoms with van der Waals surface area (Å²) < 4.78 is 0. The molecule has 0 aromatic heterocycles. The summed E-state index contributed by atoms with van der Waals surface area (Å²) in [6.45, 7) is 4.21. The molecule has 0 radical (unpaired) electrons. The highest BCUT2D eigenvalue weighted by molar-refractivity contribution is 5.76. The molecule has 0 spiro atoms. The monoisotopic (exact) mass is 183 g/mol. The average Bonchev–Trinajstić information content (AvgIpc) is 2.10. The summed E-state index contributed by atoms with van der Waals surface area (Å²) in [7, 11) is 0. The first kappa shape index (κ1) is 12.2. The fourth-order valence-electron chi connectivity index (χ4n) is 1.25. The van der Waals surface area contributed by atoms with Crippen molar-refractivity contribution in [3.05, 3.63) is 12.2 Å². The van der Waals surface area contributed by atoms with Crippen molar-refractivity contribution < 1.29 is 4.79 Å². The van der Waals surface area contributed by atoms with Crippen molar-refractivity contribution in [1.82, 2.24) is 0 Å². The van der Waals surface area contributed by atoms with Crippen LogP contribution in [0.5, 0.6) is 0 Å². The molecule has 0 aliphatic carbocycles. The number of carbonyl (C=O) groups is 1. The highest BCUT2D eigenvalue weighted by Crippen LogP contribution is 2.12. The predicted molar refractivity (Wildman–Crippen MR) is 56.3 cm³/mol. The molecule has 0 saturated heterocycles. The van der Waals surface area contributed by atoms with Crippen LogP contribution in [0.15, 0.2) is 12.2 Å². The number of rotatable bonds is 7. The van der Waals surface area contributed by atoms with Gasteiger partial charge in [-0.1, -0.05) is 38.8 Å². The number of hydrogen-bond acceptors (Lipinski definition) is 1. The number of primary amides is 1. The SMILES string of the molecule is CCC=CCC(CCCC)C(N)=O. The van der Waals surface area contributed by atoms with Crippen LogP contribution < -0.4 is 5.73 Å². The van der Waals surface area contributed by atoms with E-state index in [0.717, 1.165) is 32.1 Å². The Hall–Kier alpha value is -0.790. The maximum absolute atomic E-state index is 11.0. The Morgan fingerprint density at radius 1 is 1.38 bits per heavy atom. The lowest BCUT2D eigenvalue weighted by molar-refractivity contribution is -0.121. The van der Waals surface area contributed by atoms with E-state index in [1.165, 1.54) is 0 Å². The molecule has 0 aromatic carbocycles. The molecular formula is C11H21NO. The van der Waals surface area contributed by atoms with Gasteiger partial charge in [0.25, 0.3) is 0 Å². The molecule has 0 aromatic rings. The molecule has 1 amide bonds. The number of carbonyl (C=O) groups excluding carboxylic acids is 1. The second kappa shape index (κ2) is 7.84. The summed E-state index contributed by atoms with van der Waals surface area (Å²) in [5, 5.41) is 0. The molecule has 2 nitrogen and oxygen atoms in total. The van der Waals surface area contributed by atoms with E-state index < -0.39 is 0 Å². The topological polar surface area (TPSA) is 43.1 Å². The molecule has 0 rings (SSSR count). The first-order chi connectivity index (χ1) is 6.22. The summed E-state index contributed by atoms with van der Waals surface area (Å²) >= 11 is 0. The van der Waals surface area contributed by atoms with Crippen molar-refractivity contribution in [2.45, 2.75) is 46.0 Å². The second-order valence-corrected chi connectivity index (χ2v) is 3.36. The molecule has 0 bridgehead atoms. The van der Waals surface area contributed by atoms with Gasteiger partial charge < -0.3 is 5.73 Å². The standard InChI is InChI=1S/C11H21NO/c1-3-5-7-9-10(11(12)13)8-6-4-2/h5,7,10H,3-4,6,8-9H2,1-2H3,(H2,12,13). The molecule has 2 N–H and O–H groups in total. The molecule has 0 aliphatic heterocycles.